The number of likely N-dealkylation sites (N-methyl/N-ethyl adjacent to an activating group) is 1. The van der Waals surface area contributed by atoms with Gasteiger partial charge in [0.05, 0.1) is 7.05 Å². The first-order valence-electron chi connectivity index (χ1n) is 7.12. The largest absolute Gasteiger partial charge is 0.372 e. The number of quaternary nitrogens is 1. The molecule has 1 unspecified atom stereocenters. The molecule has 1 fully saturated rings. The van der Waals surface area contributed by atoms with Gasteiger partial charge in [-0.25, -0.2) is 4.39 Å². The van der Waals surface area contributed by atoms with Crippen LogP contribution in [0.5, 0.6) is 0 Å². The molecule has 1 aliphatic rings. The lowest BCUT2D eigenvalue weighted by atomic mass is 10.1. The number of rotatable bonds is 5. The first-order chi connectivity index (χ1) is 9.63. The van der Waals surface area contributed by atoms with Gasteiger partial charge in [0.25, 0.3) is 5.91 Å². The number of carbonyl (C=O) groups excluding carboxylic acids is 1. The van der Waals surface area contributed by atoms with Crippen molar-refractivity contribution in [2.45, 2.75) is 25.4 Å². The van der Waals surface area contributed by atoms with E-state index in [1.807, 2.05) is 7.05 Å². The molecule has 2 atom stereocenters. The molecule has 0 spiro atoms. The highest BCUT2D eigenvalue weighted by molar-refractivity contribution is 5.91. The molecule has 1 aliphatic heterocycles. The van der Waals surface area contributed by atoms with Gasteiger partial charge in [0.1, 0.15) is 18.5 Å². The molecule has 1 aromatic rings. The maximum atomic E-state index is 12.8. The molecule has 0 saturated carbocycles. The van der Waals surface area contributed by atoms with E-state index >= 15 is 0 Å². The van der Waals surface area contributed by atoms with E-state index in [4.69, 9.17) is 4.74 Å². The molecule has 1 saturated heterocycles. The molecule has 0 aromatic heterocycles. The molecule has 1 aromatic carbocycles. The Morgan fingerprint density at radius 2 is 2.15 bits per heavy atom. The van der Waals surface area contributed by atoms with Gasteiger partial charge in [-0.15, -0.1) is 0 Å². The molecular formula is C15H22FN2O2+. The van der Waals surface area contributed by atoms with Gasteiger partial charge in [-0.2, -0.15) is 0 Å². The molecular weight excluding hydrogens is 259 g/mol. The van der Waals surface area contributed by atoms with Crippen LogP contribution in [-0.2, 0) is 9.53 Å². The van der Waals surface area contributed by atoms with Crippen molar-refractivity contribution >= 4 is 11.6 Å². The average Bonchev–Trinajstić information content (AvgIpc) is 2.42. The molecule has 0 bridgehead atoms. The summed E-state index contributed by atoms with van der Waals surface area (Å²) in [5, 5.41) is 2.77. The number of nitrogens with one attached hydrogen (secondary N) is 2. The molecule has 5 heteroatoms. The number of benzene rings is 1. The second-order valence-corrected chi connectivity index (χ2v) is 5.38. The van der Waals surface area contributed by atoms with Gasteiger partial charge in [0.2, 0.25) is 0 Å². The van der Waals surface area contributed by atoms with Crippen LogP contribution in [0.2, 0.25) is 0 Å². The van der Waals surface area contributed by atoms with E-state index in [1.54, 1.807) is 12.1 Å². The Labute approximate surface area is 118 Å². The number of hydrogen-bond acceptors (Lipinski definition) is 2. The fourth-order valence-corrected chi connectivity index (χ4v) is 2.44. The number of carbonyl (C=O) groups is 1. The Morgan fingerprint density at radius 1 is 1.40 bits per heavy atom. The SMILES string of the molecule is C[NH+](CC(=O)Nc1ccc(F)cc1)C[C@@H]1CCCCO1. The molecule has 20 heavy (non-hydrogen) atoms. The summed E-state index contributed by atoms with van der Waals surface area (Å²) in [7, 11) is 1.99. The summed E-state index contributed by atoms with van der Waals surface area (Å²) in [4.78, 5) is 13.0. The van der Waals surface area contributed by atoms with E-state index in [0.717, 1.165) is 30.9 Å². The van der Waals surface area contributed by atoms with Crippen molar-refractivity contribution in [3.8, 4) is 0 Å². The van der Waals surface area contributed by atoms with Crippen LogP contribution in [0.25, 0.3) is 0 Å². The van der Waals surface area contributed by atoms with Gasteiger partial charge < -0.3 is 15.0 Å². The van der Waals surface area contributed by atoms with E-state index in [0.29, 0.717) is 12.2 Å². The van der Waals surface area contributed by atoms with Crippen molar-refractivity contribution in [1.82, 2.24) is 0 Å². The molecule has 1 amide bonds. The maximum Gasteiger partial charge on any atom is 0.279 e. The molecule has 0 radical (unpaired) electrons. The Balaban J connectivity index is 1.74. The topological polar surface area (TPSA) is 42.8 Å². The number of amides is 1. The monoisotopic (exact) mass is 281 g/mol. The minimum Gasteiger partial charge on any atom is -0.372 e. The number of hydrogen-bond donors (Lipinski definition) is 2. The summed E-state index contributed by atoms with van der Waals surface area (Å²) in [5.74, 6) is -0.370. The molecule has 4 nitrogen and oxygen atoms in total. The summed E-state index contributed by atoms with van der Waals surface area (Å²) >= 11 is 0. The lowest BCUT2D eigenvalue weighted by Gasteiger charge is -2.24. The summed E-state index contributed by atoms with van der Waals surface area (Å²) in [6.45, 7) is 2.06. The molecule has 2 N–H and O–H groups in total. The Morgan fingerprint density at radius 3 is 2.80 bits per heavy atom. The van der Waals surface area contributed by atoms with E-state index in [9.17, 15) is 9.18 Å². The minimum atomic E-state index is -0.305. The fraction of sp³-hybridized carbons (Fsp3) is 0.533. The maximum absolute atomic E-state index is 12.8. The van der Waals surface area contributed by atoms with Gasteiger partial charge >= 0.3 is 0 Å². The molecule has 1 heterocycles. The predicted octanol–water partition coefficient (Wildman–Crippen LogP) is 0.848. The first kappa shape index (κ1) is 14.9. The number of ether oxygens (including phenoxy) is 1. The standard InChI is InChI=1S/C15H21FN2O2/c1-18(10-14-4-2-3-9-20-14)11-15(19)17-13-7-5-12(16)6-8-13/h5-8,14H,2-4,9-11H2,1H3,(H,17,19)/p+1/t14-/m0/s1. The van der Waals surface area contributed by atoms with Crippen LogP contribution in [0, 0.1) is 5.82 Å². The van der Waals surface area contributed by atoms with Crippen molar-refractivity contribution in [3.05, 3.63) is 30.1 Å². The summed E-state index contributed by atoms with van der Waals surface area (Å²) in [6.07, 6.45) is 3.69. The van der Waals surface area contributed by atoms with Crippen LogP contribution in [0.15, 0.2) is 24.3 Å². The highest BCUT2D eigenvalue weighted by Gasteiger charge is 2.19. The summed E-state index contributed by atoms with van der Waals surface area (Å²) in [6, 6.07) is 5.80. The highest BCUT2D eigenvalue weighted by Crippen LogP contribution is 2.10. The van der Waals surface area contributed by atoms with Crippen molar-refractivity contribution in [3.63, 3.8) is 0 Å². The smallest absolute Gasteiger partial charge is 0.279 e. The van der Waals surface area contributed by atoms with Crippen molar-refractivity contribution < 1.29 is 18.8 Å². The molecule has 110 valence electrons. The van der Waals surface area contributed by atoms with Crippen molar-refractivity contribution in [2.24, 2.45) is 0 Å². The Kier molecular flexibility index (Phi) is 5.49. The third kappa shape index (κ3) is 4.90. The molecule has 0 aliphatic carbocycles. The lowest BCUT2D eigenvalue weighted by molar-refractivity contribution is -0.874. The fourth-order valence-electron chi connectivity index (χ4n) is 2.44. The van der Waals surface area contributed by atoms with Crippen LogP contribution in [0.1, 0.15) is 19.3 Å². The second-order valence-electron chi connectivity index (χ2n) is 5.38. The minimum absolute atomic E-state index is 0.0649. The van der Waals surface area contributed by atoms with Crippen LogP contribution >= 0.6 is 0 Å². The first-order valence-corrected chi connectivity index (χ1v) is 7.12. The third-order valence-corrected chi connectivity index (χ3v) is 3.44. The lowest BCUT2D eigenvalue weighted by Crippen LogP contribution is -3.11. The summed E-state index contributed by atoms with van der Waals surface area (Å²) < 4.78 is 18.4. The second kappa shape index (κ2) is 7.36. The van der Waals surface area contributed by atoms with E-state index in [1.165, 1.54) is 18.6 Å². The van der Waals surface area contributed by atoms with Crippen molar-refractivity contribution in [1.29, 1.82) is 0 Å². The van der Waals surface area contributed by atoms with Gasteiger partial charge in [-0.3, -0.25) is 4.79 Å². The predicted molar refractivity (Wildman–Crippen MR) is 75.2 cm³/mol. The van der Waals surface area contributed by atoms with Gasteiger partial charge in [0, 0.05) is 12.3 Å². The normalized spacial score (nSPS) is 20.4. The van der Waals surface area contributed by atoms with E-state index < -0.39 is 0 Å². The third-order valence-electron chi connectivity index (χ3n) is 3.44. The Hall–Kier alpha value is -1.46. The van der Waals surface area contributed by atoms with Gasteiger partial charge in [0.15, 0.2) is 6.54 Å². The Bertz CT molecular complexity index is 430. The summed E-state index contributed by atoms with van der Waals surface area (Å²) in [5.41, 5.74) is 0.623. The average molecular weight is 281 g/mol. The number of halogens is 1. The number of anilines is 1. The van der Waals surface area contributed by atoms with Crippen LogP contribution in [0.4, 0.5) is 10.1 Å². The van der Waals surface area contributed by atoms with E-state index in [2.05, 4.69) is 5.32 Å². The highest BCUT2D eigenvalue weighted by atomic mass is 19.1. The van der Waals surface area contributed by atoms with Crippen LogP contribution in [-0.4, -0.2) is 38.8 Å². The zero-order chi connectivity index (χ0) is 14.4. The quantitative estimate of drug-likeness (QED) is 0.840. The zero-order valence-electron chi connectivity index (χ0n) is 11.8. The van der Waals surface area contributed by atoms with Crippen molar-refractivity contribution in [2.75, 3.05) is 32.1 Å². The van der Waals surface area contributed by atoms with E-state index in [-0.39, 0.29) is 17.8 Å². The zero-order valence-corrected chi connectivity index (χ0v) is 11.8. The van der Waals surface area contributed by atoms with Crippen LogP contribution in [0.3, 0.4) is 0 Å². The van der Waals surface area contributed by atoms with Gasteiger partial charge in [-0.1, -0.05) is 0 Å². The van der Waals surface area contributed by atoms with Crippen LogP contribution < -0.4 is 10.2 Å². The molecule has 2 rings (SSSR count). The van der Waals surface area contributed by atoms with Gasteiger partial charge in [-0.05, 0) is 43.5 Å².